The van der Waals surface area contributed by atoms with Crippen LogP contribution in [0.1, 0.15) is 58.8 Å². The molecule has 1 amide bonds. The Labute approximate surface area is 105 Å². The maximum atomic E-state index is 12.6. The van der Waals surface area contributed by atoms with Crippen molar-refractivity contribution < 1.29 is 4.79 Å². The van der Waals surface area contributed by atoms with Gasteiger partial charge in [-0.3, -0.25) is 4.79 Å². The largest absolute Gasteiger partial charge is 0.350 e. The summed E-state index contributed by atoms with van der Waals surface area (Å²) in [5.74, 6) is 0.300. The number of hydrogen-bond acceptors (Lipinski definition) is 2. The molecule has 2 aliphatic rings. The summed E-state index contributed by atoms with van der Waals surface area (Å²) >= 11 is 0. The van der Waals surface area contributed by atoms with Crippen LogP contribution in [0.2, 0.25) is 0 Å². The van der Waals surface area contributed by atoms with Crippen LogP contribution < -0.4 is 10.6 Å². The van der Waals surface area contributed by atoms with Gasteiger partial charge in [-0.2, -0.15) is 0 Å². The third kappa shape index (κ3) is 2.35. The summed E-state index contributed by atoms with van der Waals surface area (Å²) < 4.78 is 0. The van der Waals surface area contributed by atoms with E-state index in [4.69, 9.17) is 0 Å². The van der Waals surface area contributed by atoms with Crippen molar-refractivity contribution in [1.82, 2.24) is 10.6 Å². The molecule has 17 heavy (non-hydrogen) atoms. The van der Waals surface area contributed by atoms with Gasteiger partial charge < -0.3 is 10.6 Å². The number of carbonyl (C=O) groups excluding carboxylic acids is 1. The minimum Gasteiger partial charge on any atom is -0.350 e. The maximum Gasteiger partial charge on any atom is 0.227 e. The van der Waals surface area contributed by atoms with Gasteiger partial charge in [0.2, 0.25) is 5.91 Å². The average Bonchev–Trinajstić information content (AvgIpc) is 2.34. The summed E-state index contributed by atoms with van der Waals surface area (Å²) in [5.41, 5.74) is -0.00723. The van der Waals surface area contributed by atoms with Crippen LogP contribution in [-0.2, 0) is 4.79 Å². The summed E-state index contributed by atoms with van der Waals surface area (Å²) in [4.78, 5) is 12.6. The second-order valence-corrected chi connectivity index (χ2v) is 5.86. The lowest BCUT2D eigenvalue weighted by molar-refractivity contribution is -0.135. The number of hydrogen-bond donors (Lipinski definition) is 2. The van der Waals surface area contributed by atoms with Gasteiger partial charge in [0.15, 0.2) is 0 Å². The van der Waals surface area contributed by atoms with Crippen LogP contribution in [0.15, 0.2) is 0 Å². The molecule has 1 heterocycles. The Balaban J connectivity index is 2.01. The molecule has 2 fully saturated rings. The molecule has 1 aliphatic heterocycles. The van der Waals surface area contributed by atoms with Crippen molar-refractivity contribution in [3.63, 3.8) is 0 Å². The van der Waals surface area contributed by atoms with Gasteiger partial charge in [-0.1, -0.05) is 13.8 Å². The Morgan fingerprint density at radius 3 is 2.35 bits per heavy atom. The van der Waals surface area contributed by atoms with E-state index in [2.05, 4.69) is 24.5 Å². The zero-order valence-electron chi connectivity index (χ0n) is 11.3. The van der Waals surface area contributed by atoms with Crippen molar-refractivity contribution in [3.05, 3.63) is 0 Å². The van der Waals surface area contributed by atoms with Crippen molar-refractivity contribution in [3.8, 4) is 0 Å². The summed E-state index contributed by atoms with van der Waals surface area (Å²) in [6.07, 6.45) is 7.80. The number of piperidine rings is 1. The van der Waals surface area contributed by atoms with Crippen molar-refractivity contribution in [1.29, 1.82) is 0 Å². The molecular formula is C14H26N2O. The van der Waals surface area contributed by atoms with Crippen LogP contribution >= 0.6 is 0 Å². The third-order valence-corrected chi connectivity index (χ3v) is 5.00. The maximum absolute atomic E-state index is 12.6. The molecule has 1 saturated heterocycles. The van der Waals surface area contributed by atoms with Gasteiger partial charge in [0.1, 0.15) is 0 Å². The molecule has 3 heteroatoms. The zero-order chi connectivity index (χ0) is 12.4. The highest BCUT2D eigenvalue weighted by atomic mass is 16.2. The predicted molar refractivity (Wildman–Crippen MR) is 69.8 cm³/mol. The molecule has 1 aliphatic carbocycles. The van der Waals surface area contributed by atoms with E-state index in [0.29, 0.717) is 5.91 Å². The molecule has 98 valence electrons. The molecular weight excluding hydrogens is 212 g/mol. The normalized spacial score (nSPS) is 31.6. The second kappa shape index (κ2) is 4.97. The average molecular weight is 238 g/mol. The highest BCUT2D eigenvalue weighted by Gasteiger charge is 2.43. The molecule has 2 N–H and O–H groups in total. The van der Waals surface area contributed by atoms with E-state index in [9.17, 15) is 4.79 Å². The molecule has 1 unspecified atom stereocenters. The summed E-state index contributed by atoms with van der Waals surface area (Å²) in [7, 11) is 0. The first-order chi connectivity index (χ1) is 8.16. The SMILES string of the molecule is CCC1(NC(=O)C2(CC)CCCNC2)CCC1. The molecule has 0 radical (unpaired) electrons. The van der Waals surface area contributed by atoms with Gasteiger partial charge in [0.05, 0.1) is 5.41 Å². The fourth-order valence-electron chi connectivity index (χ4n) is 3.17. The second-order valence-electron chi connectivity index (χ2n) is 5.86. The lowest BCUT2D eigenvalue weighted by atomic mass is 9.72. The van der Waals surface area contributed by atoms with Crippen molar-refractivity contribution in [2.75, 3.05) is 13.1 Å². The Hall–Kier alpha value is -0.570. The predicted octanol–water partition coefficient (Wildman–Crippen LogP) is 2.22. The topological polar surface area (TPSA) is 41.1 Å². The van der Waals surface area contributed by atoms with E-state index < -0.39 is 0 Å². The van der Waals surface area contributed by atoms with Gasteiger partial charge in [0.25, 0.3) is 0 Å². The smallest absolute Gasteiger partial charge is 0.227 e. The molecule has 1 saturated carbocycles. The van der Waals surface area contributed by atoms with E-state index in [-0.39, 0.29) is 11.0 Å². The van der Waals surface area contributed by atoms with E-state index in [1.165, 1.54) is 19.3 Å². The van der Waals surface area contributed by atoms with E-state index in [1.54, 1.807) is 0 Å². The fraction of sp³-hybridized carbons (Fsp3) is 0.929. The van der Waals surface area contributed by atoms with Crippen molar-refractivity contribution in [2.45, 2.75) is 64.3 Å². The van der Waals surface area contributed by atoms with Gasteiger partial charge in [-0.15, -0.1) is 0 Å². The summed E-state index contributed by atoms with van der Waals surface area (Å²) in [6.45, 7) is 6.26. The molecule has 0 spiro atoms. The number of amides is 1. The molecule has 1 atom stereocenters. The third-order valence-electron chi connectivity index (χ3n) is 5.00. The van der Waals surface area contributed by atoms with Crippen LogP contribution in [0.5, 0.6) is 0 Å². The Morgan fingerprint density at radius 1 is 1.18 bits per heavy atom. The minimum absolute atomic E-state index is 0.136. The van der Waals surface area contributed by atoms with E-state index in [1.807, 2.05) is 0 Å². The van der Waals surface area contributed by atoms with Crippen LogP contribution in [0.25, 0.3) is 0 Å². The van der Waals surface area contributed by atoms with E-state index in [0.717, 1.165) is 38.8 Å². The quantitative estimate of drug-likeness (QED) is 0.788. The fourth-order valence-corrected chi connectivity index (χ4v) is 3.17. The first-order valence-electron chi connectivity index (χ1n) is 7.20. The van der Waals surface area contributed by atoms with Gasteiger partial charge >= 0.3 is 0 Å². The molecule has 0 aromatic carbocycles. The highest BCUT2D eigenvalue weighted by Crippen LogP contribution is 2.37. The number of rotatable bonds is 4. The minimum atomic E-state index is -0.143. The Morgan fingerprint density at radius 2 is 1.94 bits per heavy atom. The number of carbonyl (C=O) groups is 1. The van der Waals surface area contributed by atoms with Gasteiger partial charge in [-0.05, 0) is 51.5 Å². The van der Waals surface area contributed by atoms with Crippen molar-refractivity contribution >= 4 is 5.91 Å². The lowest BCUT2D eigenvalue weighted by Crippen LogP contribution is -2.59. The first kappa shape index (κ1) is 12.9. The standard InChI is InChI=1S/C14H26N2O/c1-3-13(7-6-10-15-11-13)12(17)16-14(4-2)8-5-9-14/h15H,3-11H2,1-2H3,(H,16,17). The van der Waals surface area contributed by atoms with E-state index >= 15 is 0 Å². The Kier molecular flexibility index (Phi) is 3.76. The lowest BCUT2D eigenvalue weighted by Gasteiger charge is -2.45. The Bertz CT molecular complexity index is 272. The molecule has 0 aromatic heterocycles. The molecule has 2 rings (SSSR count). The number of nitrogens with one attached hydrogen (secondary N) is 2. The molecule has 0 bridgehead atoms. The van der Waals surface area contributed by atoms with Crippen LogP contribution in [0.3, 0.4) is 0 Å². The monoisotopic (exact) mass is 238 g/mol. The first-order valence-corrected chi connectivity index (χ1v) is 7.20. The van der Waals surface area contributed by atoms with Crippen LogP contribution in [0, 0.1) is 5.41 Å². The van der Waals surface area contributed by atoms with Crippen LogP contribution in [-0.4, -0.2) is 24.5 Å². The highest BCUT2D eigenvalue weighted by molar-refractivity contribution is 5.83. The summed E-state index contributed by atoms with van der Waals surface area (Å²) in [5, 5.41) is 6.75. The molecule has 3 nitrogen and oxygen atoms in total. The summed E-state index contributed by atoms with van der Waals surface area (Å²) in [6, 6.07) is 0. The van der Waals surface area contributed by atoms with Gasteiger partial charge in [0, 0.05) is 12.1 Å². The van der Waals surface area contributed by atoms with Gasteiger partial charge in [-0.25, -0.2) is 0 Å². The molecule has 0 aromatic rings. The zero-order valence-corrected chi connectivity index (χ0v) is 11.3. The van der Waals surface area contributed by atoms with Crippen molar-refractivity contribution in [2.24, 2.45) is 5.41 Å². The van der Waals surface area contributed by atoms with Crippen LogP contribution in [0.4, 0.5) is 0 Å².